The van der Waals surface area contributed by atoms with Gasteiger partial charge in [-0.1, -0.05) is 20.3 Å². The van der Waals surface area contributed by atoms with Gasteiger partial charge in [-0.25, -0.2) is 0 Å². The minimum atomic E-state index is -0.485. The molecule has 0 aromatic heterocycles. The van der Waals surface area contributed by atoms with Gasteiger partial charge in [0.05, 0.1) is 20.3 Å². The molecule has 2 rings (SSSR count). The van der Waals surface area contributed by atoms with Gasteiger partial charge >= 0.3 is 0 Å². The maximum Gasteiger partial charge on any atom is 0.253 e. The van der Waals surface area contributed by atoms with Crippen LogP contribution in [0.3, 0.4) is 0 Å². The molecule has 1 saturated heterocycles. The van der Waals surface area contributed by atoms with Crippen LogP contribution in [0.4, 0.5) is 0 Å². The summed E-state index contributed by atoms with van der Waals surface area (Å²) < 4.78 is 10.5. The normalized spacial score (nSPS) is 17.1. The number of hydrogen-bond donors (Lipinski definition) is 2. The molecule has 3 N–H and O–H groups in total. The Hall–Kier alpha value is -2.28. The number of likely N-dealkylation sites (tertiary alicyclic amines) is 1. The van der Waals surface area contributed by atoms with Crippen LogP contribution in [-0.2, 0) is 4.79 Å². The summed E-state index contributed by atoms with van der Waals surface area (Å²) in [5.74, 6) is 1.13. The Balaban J connectivity index is 1.91. The number of benzene rings is 1. The summed E-state index contributed by atoms with van der Waals surface area (Å²) >= 11 is 0. The number of nitrogens with one attached hydrogen (secondary N) is 1. The lowest BCUT2D eigenvalue weighted by atomic mass is 9.98. The van der Waals surface area contributed by atoms with Crippen molar-refractivity contribution in [3.8, 4) is 11.5 Å². The fourth-order valence-corrected chi connectivity index (χ4v) is 3.19. The second kappa shape index (κ2) is 9.60. The van der Waals surface area contributed by atoms with E-state index in [4.69, 9.17) is 15.2 Å². The summed E-state index contributed by atoms with van der Waals surface area (Å²) in [7, 11) is 3.11. The van der Waals surface area contributed by atoms with E-state index in [2.05, 4.69) is 5.32 Å². The monoisotopic (exact) mass is 377 g/mol. The van der Waals surface area contributed by atoms with Gasteiger partial charge in [-0.2, -0.15) is 0 Å². The van der Waals surface area contributed by atoms with Crippen LogP contribution in [0.25, 0.3) is 0 Å². The second-order valence-corrected chi connectivity index (χ2v) is 7.06. The molecule has 1 aliphatic heterocycles. The van der Waals surface area contributed by atoms with E-state index in [1.807, 2.05) is 13.8 Å². The molecule has 2 atom stereocenters. The molecule has 0 saturated carbocycles. The number of nitrogens with zero attached hydrogens (tertiary/aromatic N) is 1. The van der Waals surface area contributed by atoms with Crippen LogP contribution in [0.15, 0.2) is 18.2 Å². The molecule has 0 radical (unpaired) electrons. The standard InChI is InChI=1S/C20H31N3O4/c1-5-13(2)18(21)19(24)22-15-8-10-23(11-9-15)20(25)14-6-7-16(26-3)17(12-14)27-4/h6-7,12-13,15,18H,5,8-11,21H2,1-4H3,(H,22,24). The Morgan fingerprint density at radius 1 is 1.22 bits per heavy atom. The largest absolute Gasteiger partial charge is 0.493 e. The average molecular weight is 377 g/mol. The number of nitrogens with two attached hydrogens (primary N) is 1. The highest BCUT2D eigenvalue weighted by atomic mass is 16.5. The minimum Gasteiger partial charge on any atom is -0.493 e. The van der Waals surface area contributed by atoms with Gasteiger partial charge in [-0.05, 0) is 37.0 Å². The molecule has 1 aromatic carbocycles. The number of ether oxygens (including phenoxy) is 2. The van der Waals surface area contributed by atoms with Crippen molar-refractivity contribution in [2.45, 2.75) is 45.2 Å². The van der Waals surface area contributed by atoms with E-state index in [1.54, 1.807) is 37.3 Å². The van der Waals surface area contributed by atoms with Gasteiger partial charge in [0.15, 0.2) is 11.5 Å². The number of carbonyl (C=O) groups excluding carboxylic acids is 2. The highest BCUT2D eigenvalue weighted by Gasteiger charge is 2.27. The average Bonchev–Trinajstić information content (AvgIpc) is 2.71. The van der Waals surface area contributed by atoms with Gasteiger partial charge in [0.1, 0.15) is 0 Å². The molecule has 1 aromatic rings. The molecule has 7 nitrogen and oxygen atoms in total. The van der Waals surface area contributed by atoms with E-state index in [0.717, 1.165) is 19.3 Å². The van der Waals surface area contributed by atoms with Crippen molar-refractivity contribution < 1.29 is 19.1 Å². The summed E-state index contributed by atoms with van der Waals surface area (Å²) in [6.07, 6.45) is 2.31. The zero-order valence-corrected chi connectivity index (χ0v) is 16.7. The molecule has 2 unspecified atom stereocenters. The Kier molecular flexibility index (Phi) is 7.47. The first kappa shape index (κ1) is 21.0. The molecular formula is C20H31N3O4. The highest BCUT2D eigenvalue weighted by Crippen LogP contribution is 2.28. The molecule has 27 heavy (non-hydrogen) atoms. The van der Waals surface area contributed by atoms with Crippen molar-refractivity contribution in [1.82, 2.24) is 10.2 Å². The van der Waals surface area contributed by atoms with Crippen LogP contribution in [0.5, 0.6) is 11.5 Å². The molecule has 2 amide bonds. The summed E-state index contributed by atoms with van der Waals surface area (Å²) in [6.45, 7) is 5.19. The van der Waals surface area contributed by atoms with E-state index >= 15 is 0 Å². The SMILES string of the molecule is CCC(C)C(N)C(=O)NC1CCN(C(=O)c2ccc(OC)c(OC)c2)CC1. The second-order valence-electron chi connectivity index (χ2n) is 7.06. The number of piperidine rings is 1. The van der Waals surface area contributed by atoms with Crippen molar-refractivity contribution in [2.24, 2.45) is 11.7 Å². The Bertz CT molecular complexity index is 657. The van der Waals surface area contributed by atoms with Crippen LogP contribution in [0.2, 0.25) is 0 Å². The predicted molar refractivity (Wildman–Crippen MR) is 104 cm³/mol. The Labute approximate surface area is 161 Å². The molecule has 1 aliphatic rings. The first-order valence-electron chi connectivity index (χ1n) is 9.48. The van der Waals surface area contributed by atoms with Crippen LogP contribution in [-0.4, -0.2) is 56.1 Å². The van der Waals surface area contributed by atoms with Crippen LogP contribution in [0.1, 0.15) is 43.5 Å². The summed E-state index contributed by atoms with van der Waals surface area (Å²) in [5.41, 5.74) is 6.56. The first-order valence-corrected chi connectivity index (χ1v) is 9.48. The number of rotatable bonds is 7. The fraction of sp³-hybridized carbons (Fsp3) is 0.600. The molecule has 0 aliphatic carbocycles. The molecule has 1 heterocycles. The molecular weight excluding hydrogens is 346 g/mol. The van der Waals surface area contributed by atoms with Gasteiger partial charge in [0.25, 0.3) is 5.91 Å². The number of carbonyl (C=O) groups is 2. The maximum atomic E-state index is 12.8. The van der Waals surface area contributed by atoms with E-state index in [0.29, 0.717) is 30.2 Å². The van der Waals surface area contributed by atoms with Gasteiger partial charge in [0.2, 0.25) is 5.91 Å². The predicted octanol–water partition coefficient (Wildman–Crippen LogP) is 1.80. The number of hydrogen-bond acceptors (Lipinski definition) is 5. The maximum absolute atomic E-state index is 12.8. The summed E-state index contributed by atoms with van der Waals surface area (Å²) in [5, 5.41) is 3.03. The number of methoxy groups -OCH3 is 2. The van der Waals surface area contributed by atoms with Crippen molar-refractivity contribution in [2.75, 3.05) is 27.3 Å². The third-order valence-corrected chi connectivity index (χ3v) is 5.32. The van der Waals surface area contributed by atoms with Gasteiger partial charge in [-0.15, -0.1) is 0 Å². The summed E-state index contributed by atoms with van der Waals surface area (Å²) in [4.78, 5) is 26.8. The smallest absolute Gasteiger partial charge is 0.253 e. The lowest BCUT2D eigenvalue weighted by Crippen LogP contribution is -2.52. The van der Waals surface area contributed by atoms with E-state index < -0.39 is 6.04 Å². The van der Waals surface area contributed by atoms with Crippen molar-refractivity contribution in [3.05, 3.63) is 23.8 Å². The molecule has 0 spiro atoms. The Morgan fingerprint density at radius 3 is 2.41 bits per heavy atom. The molecule has 150 valence electrons. The van der Waals surface area contributed by atoms with Gasteiger partial charge in [0, 0.05) is 24.7 Å². The highest BCUT2D eigenvalue weighted by molar-refractivity contribution is 5.95. The van der Waals surface area contributed by atoms with Gasteiger partial charge in [-0.3, -0.25) is 9.59 Å². The number of amides is 2. The molecule has 0 bridgehead atoms. The lowest BCUT2D eigenvalue weighted by molar-refractivity contribution is -0.124. The third kappa shape index (κ3) is 5.13. The van der Waals surface area contributed by atoms with Crippen LogP contribution in [0, 0.1) is 5.92 Å². The van der Waals surface area contributed by atoms with E-state index in [9.17, 15) is 9.59 Å². The lowest BCUT2D eigenvalue weighted by Gasteiger charge is -2.33. The van der Waals surface area contributed by atoms with Crippen LogP contribution >= 0.6 is 0 Å². The van der Waals surface area contributed by atoms with Crippen molar-refractivity contribution in [1.29, 1.82) is 0 Å². The van der Waals surface area contributed by atoms with Gasteiger partial charge < -0.3 is 25.4 Å². The van der Waals surface area contributed by atoms with E-state index in [-0.39, 0.29) is 23.8 Å². The first-order chi connectivity index (χ1) is 12.9. The van der Waals surface area contributed by atoms with Crippen molar-refractivity contribution >= 4 is 11.8 Å². The van der Waals surface area contributed by atoms with Crippen molar-refractivity contribution in [3.63, 3.8) is 0 Å². The van der Waals surface area contributed by atoms with E-state index in [1.165, 1.54) is 0 Å². The molecule has 1 fully saturated rings. The minimum absolute atomic E-state index is 0.0444. The summed E-state index contributed by atoms with van der Waals surface area (Å²) in [6, 6.07) is 4.74. The molecule has 7 heteroatoms. The third-order valence-electron chi connectivity index (χ3n) is 5.32. The quantitative estimate of drug-likeness (QED) is 0.756. The zero-order valence-electron chi connectivity index (χ0n) is 16.7. The van der Waals surface area contributed by atoms with Crippen LogP contribution < -0.4 is 20.5 Å². The fourth-order valence-electron chi connectivity index (χ4n) is 3.19. The topological polar surface area (TPSA) is 93.9 Å². The zero-order chi connectivity index (χ0) is 20.0. The Morgan fingerprint density at radius 2 is 1.85 bits per heavy atom.